The van der Waals surface area contributed by atoms with Crippen molar-refractivity contribution in [1.29, 1.82) is 0 Å². The molecule has 0 saturated carbocycles. The van der Waals surface area contributed by atoms with E-state index in [1.54, 1.807) is 18.0 Å². The van der Waals surface area contributed by atoms with Crippen molar-refractivity contribution < 1.29 is 13.2 Å². The van der Waals surface area contributed by atoms with Crippen LogP contribution in [0.5, 0.6) is 0 Å². The summed E-state index contributed by atoms with van der Waals surface area (Å²) in [6, 6.07) is 1.63. The minimum absolute atomic E-state index is 0.0695. The number of anilines is 2. The van der Waals surface area contributed by atoms with E-state index in [0.717, 1.165) is 6.42 Å². The fraction of sp³-hybridized carbons (Fsp3) is 0.714. The fourth-order valence-corrected chi connectivity index (χ4v) is 1.74. The molecule has 0 aromatic carbocycles. The van der Waals surface area contributed by atoms with Gasteiger partial charge in [-0.15, -0.1) is 0 Å². The Labute approximate surface area is 123 Å². The Morgan fingerprint density at radius 1 is 1.24 bits per heavy atom. The summed E-state index contributed by atoms with van der Waals surface area (Å²) in [5, 5.41) is 2.89. The molecule has 7 heteroatoms. The van der Waals surface area contributed by atoms with Gasteiger partial charge >= 0.3 is 6.18 Å². The summed E-state index contributed by atoms with van der Waals surface area (Å²) in [4.78, 5) is 8.97. The quantitative estimate of drug-likeness (QED) is 0.868. The summed E-state index contributed by atoms with van der Waals surface area (Å²) >= 11 is 0. The highest BCUT2D eigenvalue weighted by Gasteiger charge is 2.36. The van der Waals surface area contributed by atoms with Crippen molar-refractivity contribution in [2.45, 2.75) is 46.3 Å². The average Bonchev–Trinajstić information content (AvgIpc) is 2.42. The molecule has 0 bridgehead atoms. The van der Waals surface area contributed by atoms with E-state index in [2.05, 4.69) is 15.3 Å². The number of aromatic nitrogens is 2. The first-order chi connectivity index (χ1) is 9.66. The van der Waals surface area contributed by atoms with Gasteiger partial charge in [0, 0.05) is 25.7 Å². The van der Waals surface area contributed by atoms with Crippen LogP contribution in [0.3, 0.4) is 0 Å². The molecule has 0 aliphatic heterocycles. The summed E-state index contributed by atoms with van der Waals surface area (Å²) < 4.78 is 38.8. The maximum Gasteiger partial charge on any atom is 0.451 e. The second-order valence-corrected chi connectivity index (χ2v) is 5.46. The second-order valence-electron chi connectivity index (χ2n) is 5.46. The van der Waals surface area contributed by atoms with E-state index >= 15 is 0 Å². The van der Waals surface area contributed by atoms with Crippen molar-refractivity contribution >= 4 is 11.6 Å². The van der Waals surface area contributed by atoms with Crippen molar-refractivity contribution in [2.75, 3.05) is 23.8 Å². The normalized spacial score (nSPS) is 13.4. The maximum atomic E-state index is 12.9. The Hall–Kier alpha value is -1.53. The lowest BCUT2D eigenvalue weighted by Gasteiger charge is -2.29. The Morgan fingerprint density at radius 2 is 1.86 bits per heavy atom. The lowest BCUT2D eigenvalue weighted by atomic mass is 10.1. The predicted molar refractivity (Wildman–Crippen MR) is 78.5 cm³/mol. The third-order valence-corrected chi connectivity index (χ3v) is 3.46. The Kier molecular flexibility index (Phi) is 5.80. The molecule has 1 atom stereocenters. The van der Waals surface area contributed by atoms with E-state index in [9.17, 15) is 13.2 Å². The van der Waals surface area contributed by atoms with Crippen LogP contribution in [0.1, 0.15) is 39.9 Å². The second kappa shape index (κ2) is 6.95. The molecule has 1 rings (SSSR count). The Bertz CT molecular complexity index is 460. The van der Waals surface area contributed by atoms with Crippen LogP contribution >= 0.6 is 0 Å². The Morgan fingerprint density at radius 3 is 2.33 bits per heavy atom. The van der Waals surface area contributed by atoms with E-state index < -0.39 is 12.0 Å². The van der Waals surface area contributed by atoms with Gasteiger partial charge in [-0.25, -0.2) is 9.97 Å². The van der Waals surface area contributed by atoms with Crippen molar-refractivity contribution in [3.8, 4) is 0 Å². The third kappa shape index (κ3) is 4.75. The standard InChI is InChI=1S/C14H23F3N4/c1-6-7-18-11-8-12(21(5)10(4)9(2)3)20-13(19-11)14(15,16)17/h8-10H,6-7H2,1-5H3,(H,18,19,20). The van der Waals surface area contributed by atoms with Gasteiger partial charge in [-0.2, -0.15) is 13.2 Å². The molecule has 1 aromatic rings. The number of nitrogens with zero attached hydrogens (tertiary/aromatic N) is 3. The molecule has 4 nitrogen and oxygen atoms in total. The molecule has 0 aliphatic carbocycles. The Balaban J connectivity index is 3.18. The highest BCUT2D eigenvalue weighted by molar-refractivity contribution is 5.50. The fourth-order valence-electron chi connectivity index (χ4n) is 1.74. The molecule has 0 aliphatic rings. The van der Waals surface area contributed by atoms with Gasteiger partial charge < -0.3 is 10.2 Å². The summed E-state index contributed by atoms with van der Waals surface area (Å²) in [7, 11) is 1.75. The van der Waals surface area contributed by atoms with Crippen LogP contribution in [0.25, 0.3) is 0 Å². The SMILES string of the molecule is CCCNc1cc(N(C)C(C)C(C)C)nc(C(F)(F)F)n1. The number of nitrogens with one attached hydrogen (secondary N) is 1. The monoisotopic (exact) mass is 304 g/mol. The van der Waals surface area contributed by atoms with Crippen molar-refractivity contribution in [2.24, 2.45) is 5.92 Å². The van der Waals surface area contributed by atoms with Gasteiger partial charge in [-0.1, -0.05) is 20.8 Å². The highest BCUT2D eigenvalue weighted by atomic mass is 19.4. The van der Waals surface area contributed by atoms with Gasteiger partial charge in [0.2, 0.25) is 5.82 Å². The van der Waals surface area contributed by atoms with Gasteiger partial charge in [0.25, 0.3) is 0 Å². The molecule has 0 saturated heterocycles. The van der Waals surface area contributed by atoms with Crippen LogP contribution in [-0.2, 0) is 6.18 Å². The number of halogens is 3. The molecule has 0 amide bonds. The van der Waals surface area contributed by atoms with Crippen LogP contribution in [0.4, 0.5) is 24.8 Å². The molecule has 120 valence electrons. The van der Waals surface area contributed by atoms with Gasteiger partial charge in [-0.05, 0) is 19.3 Å². The zero-order valence-electron chi connectivity index (χ0n) is 13.1. The van der Waals surface area contributed by atoms with Crippen molar-refractivity contribution in [3.05, 3.63) is 11.9 Å². The molecule has 0 spiro atoms. The number of alkyl halides is 3. The first-order valence-corrected chi connectivity index (χ1v) is 7.09. The van der Waals surface area contributed by atoms with Gasteiger partial charge in [0.15, 0.2) is 0 Å². The minimum Gasteiger partial charge on any atom is -0.370 e. The van der Waals surface area contributed by atoms with Crippen LogP contribution in [0.2, 0.25) is 0 Å². The third-order valence-electron chi connectivity index (χ3n) is 3.46. The van der Waals surface area contributed by atoms with Gasteiger partial charge in [0.1, 0.15) is 11.6 Å². The molecule has 21 heavy (non-hydrogen) atoms. The molecule has 0 radical (unpaired) electrons. The zero-order valence-corrected chi connectivity index (χ0v) is 13.1. The summed E-state index contributed by atoms with van der Waals surface area (Å²) in [5.74, 6) is -0.332. The van der Waals surface area contributed by atoms with Crippen LogP contribution in [0.15, 0.2) is 6.07 Å². The molecular weight excluding hydrogens is 281 g/mol. The van der Waals surface area contributed by atoms with E-state index in [-0.39, 0.29) is 17.7 Å². The van der Waals surface area contributed by atoms with Crippen LogP contribution in [0, 0.1) is 5.92 Å². The van der Waals surface area contributed by atoms with Gasteiger partial charge in [0.05, 0.1) is 0 Å². The number of rotatable bonds is 6. The summed E-state index contributed by atoms with van der Waals surface area (Å²) in [5.41, 5.74) is 0. The predicted octanol–water partition coefficient (Wildman–Crippen LogP) is 3.80. The van der Waals surface area contributed by atoms with Crippen molar-refractivity contribution in [1.82, 2.24) is 9.97 Å². The van der Waals surface area contributed by atoms with Crippen LogP contribution < -0.4 is 10.2 Å². The van der Waals surface area contributed by atoms with E-state index in [0.29, 0.717) is 12.5 Å². The molecule has 1 N–H and O–H groups in total. The van der Waals surface area contributed by atoms with E-state index in [1.807, 2.05) is 27.7 Å². The first kappa shape index (κ1) is 17.5. The smallest absolute Gasteiger partial charge is 0.370 e. The summed E-state index contributed by atoms with van der Waals surface area (Å²) in [6.45, 7) is 8.50. The zero-order chi connectivity index (χ0) is 16.2. The van der Waals surface area contributed by atoms with E-state index in [1.165, 1.54) is 0 Å². The maximum absolute atomic E-state index is 12.9. The van der Waals surface area contributed by atoms with Crippen molar-refractivity contribution in [3.63, 3.8) is 0 Å². The van der Waals surface area contributed by atoms with Gasteiger partial charge in [-0.3, -0.25) is 0 Å². The molecular formula is C14H23F3N4. The molecule has 1 heterocycles. The first-order valence-electron chi connectivity index (χ1n) is 7.09. The largest absolute Gasteiger partial charge is 0.451 e. The average molecular weight is 304 g/mol. The minimum atomic E-state index is -4.55. The lowest BCUT2D eigenvalue weighted by Crippen LogP contribution is -2.34. The van der Waals surface area contributed by atoms with Crippen LogP contribution in [-0.4, -0.2) is 29.6 Å². The highest BCUT2D eigenvalue weighted by Crippen LogP contribution is 2.29. The molecule has 0 fully saturated rings. The number of hydrogen-bond acceptors (Lipinski definition) is 4. The summed E-state index contributed by atoms with van der Waals surface area (Å²) in [6.07, 6.45) is -3.75. The van der Waals surface area contributed by atoms with E-state index in [4.69, 9.17) is 0 Å². The molecule has 1 unspecified atom stereocenters. The molecule has 1 aromatic heterocycles. The number of hydrogen-bond donors (Lipinski definition) is 1. The lowest BCUT2D eigenvalue weighted by molar-refractivity contribution is -0.144. The topological polar surface area (TPSA) is 41.0 Å².